The Balaban J connectivity index is 1.60. The topological polar surface area (TPSA) is 133 Å². The predicted molar refractivity (Wildman–Crippen MR) is 117 cm³/mol. The van der Waals surface area contributed by atoms with E-state index in [2.05, 4.69) is 20.6 Å². The lowest BCUT2D eigenvalue weighted by atomic mass is 9.92. The fraction of sp³-hybridized carbons (Fsp3) is 0.409. The van der Waals surface area contributed by atoms with Crippen molar-refractivity contribution in [1.82, 2.24) is 9.97 Å². The van der Waals surface area contributed by atoms with Gasteiger partial charge in [-0.1, -0.05) is 18.2 Å². The maximum Gasteiger partial charge on any atom is 0.310 e. The number of benzene rings is 1. The Morgan fingerprint density at radius 2 is 2.03 bits per heavy atom. The summed E-state index contributed by atoms with van der Waals surface area (Å²) in [4.78, 5) is 59.2. The predicted octanol–water partition coefficient (Wildman–Crippen LogP) is 1.61. The second-order valence-corrected chi connectivity index (χ2v) is 7.85. The van der Waals surface area contributed by atoms with E-state index >= 15 is 0 Å². The third-order valence-corrected chi connectivity index (χ3v) is 5.64. The molecule has 2 aliphatic heterocycles. The highest BCUT2D eigenvalue weighted by Crippen LogP contribution is 2.31. The van der Waals surface area contributed by atoms with Gasteiger partial charge in [-0.3, -0.25) is 24.2 Å². The molecule has 2 amide bonds. The van der Waals surface area contributed by atoms with Crippen LogP contribution in [0, 0.1) is 5.92 Å². The van der Waals surface area contributed by atoms with E-state index in [1.807, 2.05) is 6.07 Å². The molecule has 1 aromatic carbocycles. The van der Waals surface area contributed by atoms with Crippen molar-refractivity contribution >= 4 is 35.2 Å². The first-order valence-electron chi connectivity index (χ1n) is 10.7. The minimum absolute atomic E-state index is 0.0754. The van der Waals surface area contributed by atoms with Crippen LogP contribution in [-0.2, 0) is 19.1 Å². The molecule has 1 fully saturated rings. The molecule has 4 rings (SSSR count). The van der Waals surface area contributed by atoms with Gasteiger partial charge in [0.05, 0.1) is 24.0 Å². The summed E-state index contributed by atoms with van der Waals surface area (Å²) in [6, 6.07) is 8.83. The molecule has 168 valence electrons. The van der Waals surface area contributed by atoms with Crippen LogP contribution in [0.2, 0.25) is 0 Å². The van der Waals surface area contributed by atoms with Crippen LogP contribution in [0.15, 0.2) is 35.1 Å². The summed E-state index contributed by atoms with van der Waals surface area (Å²) in [7, 11) is 0. The average molecular weight is 439 g/mol. The fourth-order valence-electron chi connectivity index (χ4n) is 4.11. The molecule has 0 unspecified atom stereocenters. The van der Waals surface area contributed by atoms with Crippen LogP contribution in [0.3, 0.4) is 0 Å². The van der Waals surface area contributed by atoms with Crippen molar-refractivity contribution in [2.45, 2.75) is 32.1 Å². The average Bonchev–Trinajstić information content (AvgIpc) is 2.79. The van der Waals surface area contributed by atoms with Crippen LogP contribution in [0.4, 0.5) is 17.5 Å². The molecule has 32 heavy (non-hydrogen) atoms. The molecule has 1 saturated heterocycles. The fourth-order valence-corrected chi connectivity index (χ4v) is 4.11. The number of hydrogen-bond donors (Lipinski definition) is 3. The zero-order valence-electron chi connectivity index (χ0n) is 17.7. The highest BCUT2D eigenvalue weighted by Gasteiger charge is 2.36. The Hall–Kier alpha value is -3.69. The lowest BCUT2D eigenvalue weighted by Gasteiger charge is -2.32. The molecule has 2 aromatic rings. The van der Waals surface area contributed by atoms with Gasteiger partial charge >= 0.3 is 5.97 Å². The maximum absolute atomic E-state index is 13.0. The van der Waals surface area contributed by atoms with Crippen molar-refractivity contribution in [3.05, 3.63) is 46.2 Å². The number of nitrogens with one attached hydrogen (secondary N) is 3. The molecule has 0 bridgehead atoms. The van der Waals surface area contributed by atoms with Gasteiger partial charge in [0.2, 0.25) is 17.8 Å². The summed E-state index contributed by atoms with van der Waals surface area (Å²) in [5.74, 6) is -2.06. The van der Waals surface area contributed by atoms with E-state index in [1.54, 1.807) is 36.1 Å². The summed E-state index contributed by atoms with van der Waals surface area (Å²) >= 11 is 0. The zero-order valence-corrected chi connectivity index (χ0v) is 17.7. The largest absolute Gasteiger partial charge is 0.466 e. The number of aromatic amines is 1. The van der Waals surface area contributed by atoms with Crippen molar-refractivity contribution in [2.75, 3.05) is 35.2 Å². The monoisotopic (exact) mass is 439 g/mol. The molecule has 0 saturated carbocycles. The number of nitrogens with zero attached hydrogens (tertiary/aromatic N) is 2. The van der Waals surface area contributed by atoms with Crippen molar-refractivity contribution < 1.29 is 19.1 Å². The zero-order chi connectivity index (χ0) is 22.7. The molecule has 3 N–H and O–H groups in total. The summed E-state index contributed by atoms with van der Waals surface area (Å²) < 4.78 is 5.12. The number of aromatic nitrogens is 2. The molecular weight excluding hydrogens is 414 g/mol. The minimum Gasteiger partial charge on any atom is -0.466 e. The number of carbonyl (C=O) groups is 3. The molecule has 0 aliphatic carbocycles. The molecule has 2 aliphatic rings. The van der Waals surface area contributed by atoms with Gasteiger partial charge in [0, 0.05) is 25.2 Å². The highest BCUT2D eigenvalue weighted by atomic mass is 16.5. The third-order valence-electron chi connectivity index (χ3n) is 5.64. The number of para-hydroxylation sites is 1. The van der Waals surface area contributed by atoms with Gasteiger partial charge in [0.1, 0.15) is 5.82 Å². The van der Waals surface area contributed by atoms with E-state index in [1.165, 1.54) is 0 Å². The van der Waals surface area contributed by atoms with Crippen LogP contribution in [0.5, 0.6) is 0 Å². The number of anilines is 3. The van der Waals surface area contributed by atoms with E-state index in [4.69, 9.17) is 4.74 Å². The first kappa shape index (κ1) is 21.5. The molecule has 3 heterocycles. The Bertz CT molecular complexity index is 1080. The van der Waals surface area contributed by atoms with Gasteiger partial charge < -0.3 is 20.3 Å². The summed E-state index contributed by atoms with van der Waals surface area (Å²) in [6.45, 7) is 3.02. The second kappa shape index (κ2) is 9.21. The first-order valence-corrected chi connectivity index (χ1v) is 10.7. The lowest BCUT2D eigenvalue weighted by Crippen LogP contribution is -2.42. The summed E-state index contributed by atoms with van der Waals surface area (Å²) in [6.07, 6.45) is 1.28. The first-order chi connectivity index (χ1) is 15.5. The number of amides is 2. The normalized spacial score (nSPS) is 20.2. The van der Waals surface area contributed by atoms with Crippen molar-refractivity contribution in [3.8, 4) is 0 Å². The van der Waals surface area contributed by atoms with E-state index in [9.17, 15) is 19.2 Å². The van der Waals surface area contributed by atoms with Gasteiger partial charge in [-0.2, -0.15) is 4.98 Å². The number of rotatable bonds is 5. The minimum atomic E-state index is -0.960. The molecule has 10 nitrogen and oxygen atoms in total. The molecule has 0 spiro atoms. The Morgan fingerprint density at radius 1 is 1.25 bits per heavy atom. The number of ether oxygens (including phenoxy) is 1. The van der Waals surface area contributed by atoms with Crippen LogP contribution < -0.4 is 21.1 Å². The van der Waals surface area contributed by atoms with Crippen LogP contribution in [0.25, 0.3) is 0 Å². The van der Waals surface area contributed by atoms with Gasteiger partial charge in [-0.15, -0.1) is 0 Å². The van der Waals surface area contributed by atoms with Crippen LogP contribution >= 0.6 is 0 Å². The SMILES string of the molecule is CCOC(=O)[C@@H]1CCCN(c2nc3c(c(=O)[nH]2)[C@@H](C(=O)Nc2ccccc2)CC(=O)N3)C1. The van der Waals surface area contributed by atoms with Gasteiger partial charge in [-0.25, -0.2) is 0 Å². The molecule has 10 heteroatoms. The molecule has 1 aromatic heterocycles. The third kappa shape index (κ3) is 4.48. The van der Waals surface area contributed by atoms with Gasteiger partial charge in [-0.05, 0) is 31.9 Å². The van der Waals surface area contributed by atoms with E-state index in [0.717, 1.165) is 6.42 Å². The number of fused-ring (bicyclic) bond motifs is 1. The van der Waals surface area contributed by atoms with E-state index in [0.29, 0.717) is 31.8 Å². The highest BCUT2D eigenvalue weighted by molar-refractivity contribution is 6.04. The van der Waals surface area contributed by atoms with Crippen molar-refractivity contribution in [1.29, 1.82) is 0 Å². The number of piperidine rings is 1. The molecule has 0 radical (unpaired) electrons. The maximum atomic E-state index is 13.0. The molecular formula is C22H25N5O5. The standard InChI is InChI=1S/C22H25N5O5/c1-2-32-21(31)13-7-6-10-27(12-13)22-25-18-17(20(30)26-22)15(11-16(28)24-18)19(29)23-14-8-4-3-5-9-14/h3-5,8-9,13,15H,2,6-7,10-12H2,1H3,(H,23,29)(H2,24,25,26,28,30)/t13-,15+/m1/s1. The van der Waals surface area contributed by atoms with Crippen molar-refractivity contribution in [3.63, 3.8) is 0 Å². The quantitative estimate of drug-likeness (QED) is 0.603. The lowest BCUT2D eigenvalue weighted by molar-refractivity contribution is -0.148. The number of H-pyrrole nitrogens is 1. The van der Waals surface area contributed by atoms with Gasteiger partial charge in [0.15, 0.2) is 0 Å². The summed E-state index contributed by atoms with van der Waals surface area (Å²) in [5, 5.41) is 5.36. The van der Waals surface area contributed by atoms with Crippen molar-refractivity contribution in [2.24, 2.45) is 5.92 Å². The molecule has 2 atom stereocenters. The van der Waals surface area contributed by atoms with Crippen LogP contribution in [0.1, 0.15) is 37.7 Å². The Labute approximate surface area is 184 Å². The van der Waals surface area contributed by atoms with E-state index < -0.39 is 23.3 Å². The van der Waals surface area contributed by atoms with Crippen LogP contribution in [-0.4, -0.2) is 47.4 Å². The number of esters is 1. The number of carbonyl (C=O) groups excluding carboxylic acids is 3. The Kier molecular flexibility index (Phi) is 6.20. The van der Waals surface area contributed by atoms with E-state index in [-0.39, 0.29) is 35.6 Å². The van der Waals surface area contributed by atoms with Gasteiger partial charge in [0.25, 0.3) is 5.56 Å². The second-order valence-electron chi connectivity index (χ2n) is 7.85. The Morgan fingerprint density at radius 3 is 2.78 bits per heavy atom. The summed E-state index contributed by atoms with van der Waals surface area (Å²) in [5.41, 5.74) is 0.210. The number of hydrogen-bond acceptors (Lipinski definition) is 7. The smallest absolute Gasteiger partial charge is 0.310 e.